The molecule has 0 aromatic heterocycles. The molecular formula is C18H28F2N4. The van der Waals surface area contributed by atoms with E-state index in [1.165, 1.54) is 6.08 Å². The van der Waals surface area contributed by atoms with Crippen LogP contribution in [0, 0.1) is 17.8 Å². The molecule has 6 heteroatoms. The van der Waals surface area contributed by atoms with Crippen LogP contribution in [0.4, 0.5) is 8.78 Å². The quantitative estimate of drug-likeness (QED) is 0.710. The molecule has 2 aliphatic rings. The second-order valence-corrected chi connectivity index (χ2v) is 6.92. The summed E-state index contributed by atoms with van der Waals surface area (Å²) in [6.07, 6.45) is 2.76. The smallest absolute Gasteiger partial charge is 0.280 e. The molecule has 24 heavy (non-hydrogen) atoms. The molecule has 0 saturated carbocycles. The Hall–Kier alpha value is -1.56. The van der Waals surface area contributed by atoms with Crippen LogP contribution >= 0.6 is 0 Å². The Bertz CT molecular complexity index is 553. The zero-order chi connectivity index (χ0) is 17.9. The summed E-state index contributed by atoms with van der Waals surface area (Å²) < 4.78 is 26.4. The van der Waals surface area contributed by atoms with Gasteiger partial charge < -0.3 is 4.90 Å². The predicted molar refractivity (Wildman–Crippen MR) is 95.2 cm³/mol. The molecule has 0 aromatic rings. The van der Waals surface area contributed by atoms with Crippen LogP contribution in [0.1, 0.15) is 33.6 Å². The van der Waals surface area contributed by atoms with Gasteiger partial charge in [-0.1, -0.05) is 27.4 Å². The topological polar surface area (TPSA) is 31.2 Å². The molecule has 2 heterocycles. The summed E-state index contributed by atoms with van der Waals surface area (Å²) in [5.41, 5.74) is 0.564. The summed E-state index contributed by atoms with van der Waals surface area (Å²) in [6, 6.07) is 0. The van der Waals surface area contributed by atoms with Crippen LogP contribution in [-0.4, -0.2) is 48.4 Å². The van der Waals surface area contributed by atoms with Gasteiger partial charge in [0.15, 0.2) is 0 Å². The molecule has 0 aliphatic carbocycles. The van der Waals surface area contributed by atoms with Crippen LogP contribution in [0.15, 0.2) is 34.3 Å². The van der Waals surface area contributed by atoms with E-state index in [1.54, 1.807) is 5.01 Å². The Morgan fingerprint density at radius 1 is 1.50 bits per heavy atom. The lowest BCUT2D eigenvalue weighted by Crippen LogP contribution is -2.41. The molecule has 0 amide bonds. The highest BCUT2D eigenvalue weighted by molar-refractivity contribution is 5.99. The van der Waals surface area contributed by atoms with Gasteiger partial charge in [-0.05, 0) is 44.3 Å². The molecule has 1 saturated heterocycles. The number of piperidine rings is 1. The van der Waals surface area contributed by atoms with E-state index in [2.05, 4.69) is 49.4 Å². The molecule has 3 unspecified atom stereocenters. The summed E-state index contributed by atoms with van der Waals surface area (Å²) >= 11 is 0. The van der Waals surface area contributed by atoms with Gasteiger partial charge in [0.05, 0.1) is 5.70 Å². The van der Waals surface area contributed by atoms with Gasteiger partial charge in [0.25, 0.3) is 6.43 Å². The molecule has 1 fully saturated rings. The summed E-state index contributed by atoms with van der Waals surface area (Å²) in [5.74, 6) is 1.12. The van der Waals surface area contributed by atoms with Gasteiger partial charge in [0, 0.05) is 18.7 Å². The van der Waals surface area contributed by atoms with Crippen LogP contribution in [0.3, 0.4) is 0 Å². The fraction of sp³-hybridized carbons (Fsp3) is 0.667. The van der Waals surface area contributed by atoms with E-state index in [0.717, 1.165) is 31.6 Å². The molecule has 2 aliphatic heterocycles. The van der Waals surface area contributed by atoms with E-state index >= 15 is 0 Å². The first-order valence-corrected chi connectivity index (χ1v) is 8.63. The normalized spacial score (nSPS) is 27.6. The number of likely N-dealkylation sites (tertiary alicyclic amines) is 1. The van der Waals surface area contributed by atoms with Crippen LogP contribution in [-0.2, 0) is 0 Å². The summed E-state index contributed by atoms with van der Waals surface area (Å²) in [4.78, 5) is 6.19. The van der Waals surface area contributed by atoms with Crippen molar-refractivity contribution >= 4 is 11.9 Å². The first-order chi connectivity index (χ1) is 11.3. The van der Waals surface area contributed by atoms with E-state index in [0.29, 0.717) is 11.8 Å². The van der Waals surface area contributed by atoms with Gasteiger partial charge in [-0.3, -0.25) is 0 Å². The Balaban J connectivity index is 2.36. The molecule has 2 rings (SSSR count). The highest BCUT2D eigenvalue weighted by Crippen LogP contribution is 2.35. The van der Waals surface area contributed by atoms with Crippen molar-refractivity contribution in [3.63, 3.8) is 0 Å². The van der Waals surface area contributed by atoms with Gasteiger partial charge in [0.1, 0.15) is 11.5 Å². The number of hydrazone groups is 1. The molecular weight excluding hydrogens is 310 g/mol. The maximum atomic E-state index is 13.2. The van der Waals surface area contributed by atoms with Crippen molar-refractivity contribution < 1.29 is 8.78 Å². The van der Waals surface area contributed by atoms with E-state index in [4.69, 9.17) is 0 Å². The zero-order valence-electron chi connectivity index (χ0n) is 15.0. The van der Waals surface area contributed by atoms with Gasteiger partial charge in [-0.2, -0.15) is 5.10 Å². The van der Waals surface area contributed by atoms with Crippen molar-refractivity contribution in [2.75, 3.05) is 20.1 Å². The van der Waals surface area contributed by atoms with E-state index in [-0.39, 0.29) is 17.5 Å². The summed E-state index contributed by atoms with van der Waals surface area (Å²) in [5, 5.41) is 6.17. The summed E-state index contributed by atoms with van der Waals surface area (Å²) in [6.45, 7) is 12.0. The highest BCUT2D eigenvalue weighted by atomic mass is 19.3. The number of allylic oxidation sites excluding steroid dienone is 1. The Morgan fingerprint density at radius 3 is 2.83 bits per heavy atom. The molecule has 4 nitrogen and oxygen atoms in total. The monoisotopic (exact) mass is 338 g/mol. The fourth-order valence-corrected chi connectivity index (χ4v) is 3.00. The third-order valence-electron chi connectivity index (χ3n) is 4.89. The van der Waals surface area contributed by atoms with Crippen LogP contribution in [0.5, 0.6) is 0 Å². The standard InChI is InChI=1S/C18H28F2N4/c1-6-12(2)10-21-24-14(4)22-16(18(19)20)9-17(24)15-11-23(5)8-7-13(15)3/h9-10,12-13,15,18H,4,6-8,11H2,1-3,5H3/b21-10-. The molecule has 134 valence electrons. The number of hydrogen-bond donors (Lipinski definition) is 0. The molecule has 3 atom stereocenters. The number of hydrogen-bond acceptors (Lipinski definition) is 4. The second-order valence-electron chi connectivity index (χ2n) is 6.92. The Morgan fingerprint density at radius 2 is 2.21 bits per heavy atom. The average molecular weight is 338 g/mol. The molecule has 0 N–H and O–H groups in total. The number of nitrogens with zero attached hydrogens (tertiary/aromatic N) is 4. The second kappa shape index (κ2) is 8.01. The van der Waals surface area contributed by atoms with Crippen molar-refractivity contribution in [1.29, 1.82) is 0 Å². The lowest BCUT2D eigenvalue weighted by molar-refractivity contribution is 0.154. The first kappa shape index (κ1) is 18.8. The van der Waals surface area contributed by atoms with E-state index in [1.807, 2.05) is 6.21 Å². The average Bonchev–Trinajstić information content (AvgIpc) is 2.54. The Kier molecular flexibility index (Phi) is 6.27. The first-order valence-electron chi connectivity index (χ1n) is 8.63. The van der Waals surface area contributed by atoms with Gasteiger partial charge in [-0.25, -0.2) is 18.8 Å². The van der Waals surface area contributed by atoms with Crippen molar-refractivity contribution in [2.24, 2.45) is 27.8 Å². The third kappa shape index (κ3) is 4.29. The van der Waals surface area contributed by atoms with Crippen molar-refractivity contribution in [3.8, 4) is 0 Å². The third-order valence-corrected chi connectivity index (χ3v) is 4.89. The number of aliphatic imine (C=N–C) groups is 1. The van der Waals surface area contributed by atoms with Gasteiger partial charge in [0.2, 0.25) is 0 Å². The minimum Gasteiger partial charge on any atom is -0.306 e. The molecule has 0 spiro atoms. The maximum Gasteiger partial charge on any atom is 0.280 e. The SMILES string of the molecule is C=C1N=C(C(F)F)C=C(C2CN(C)CCC2C)N1/N=C\C(C)CC. The van der Waals surface area contributed by atoms with Crippen molar-refractivity contribution in [1.82, 2.24) is 9.91 Å². The number of halogens is 2. The molecule has 0 bridgehead atoms. The summed E-state index contributed by atoms with van der Waals surface area (Å²) in [7, 11) is 2.06. The lowest BCUT2D eigenvalue weighted by atomic mass is 9.83. The van der Waals surface area contributed by atoms with Crippen LogP contribution in [0.2, 0.25) is 0 Å². The maximum absolute atomic E-state index is 13.2. The molecule has 0 aromatic carbocycles. The largest absolute Gasteiger partial charge is 0.306 e. The molecule has 0 radical (unpaired) electrons. The van der Waals surface area contributed by atoms with Crippen molar-refractivity contribution in [2.45, 2.75) is 40.0 Å². The van der Waals surface area contributed by atoms with Gasteiger partial charge in [-0.15, -0.1) is 0 Å². The van der Waals surface area contributed by atoms with E-state index < -0.39 is 6.43 Å². The zero-order valence-corrected chi connectivity index (χ0v) is 15.0. The number of rotatable bonds is 5. The highest BCUT2D eigenvalue weighted by Gasteiger charge is 2.34. The lowest BCUT2D eigenvalue weighted by Gasteiger charge is -2.40. The van der Waals surface area contributed by atoms with Crippen LogP contribution in [0.25, 0.3) is 0 Å². The van der Waals surface area contributed by atoms with E-state index in [9.17, 15) is 8.78 Å². The van der Waals surface area contributed by atoms with Crippen molar-refractivity contribution in [3.05, 3.63) is 24.2 Å². The predicted octanol–water partition coefficient (Wildman–Crippen LogP) is 3.98. The minimum absolute atomic E-state index is 0.138. The van der Waals surface area contributed by atoms with Crippen LogP contribution < -0.4 is 0 Å². The van der Waals surface area contributed by atoms with Gasteiger partial charge >= 0.3 is 0 Å². The number of alkyl halides is 2. The fourth-order valence-electron chi connectivity index (χ4n) is 3.00. The minimum atomic E-state index is -2.60. The Labute approximate surface area is 143 Å².